The maximum Gasteiger partial charge on any atom is 0.268 e. The topological polar surface area (TPSA) is 56.0 Å². The molecule has 0 aromatic carbocycles. The first-order valence-electron chi connectivity index (χ1n) is 3.72. The number of alkyl halides is 2. The van der Waals surface area contributed by atoms with E-state index in [1.165, 1.54) is 0 Å². The largest absolute Gasteiger partial charge is 0.326 e. The minimum Gasteiger partial charge on any atom is -0.326 e. The van der Waals surface area contributed by atoms with Gasteiger partial charge in [0.1, 0.15) is 11.5 Å². The lowest BCUT2D eigenvalue weighted by atomic mass is 10.1. The Hall–Kier alpha value is -1.43. The third kappa shape index (κ3) is 1.74. The number of aldehydes is 1. The van der Waals surface area contributed by atoms with Crippen LogP contribution >= 0.6 is 0 Å². The average Bonchev–Trinajstić information content (AvgIpc) is 2.16. The van der Waals surface area contributed by atoms with Crippen LogP contribution in [0.15, 0.2) is 6.20 Å². The lowest BCUT2D eigenvalue weighted by molar-refractivity contribution is 0.109. The predicted molar refractivity (Wildman–Crippen MR) is 42.4 cm³/mol. The van der Waals surface area contributed by atoms with E-state index in [2.05, 4.69) is 4.98 Å². The number of nitrogens with zero attached hydrogens (tertiary/aromatic N) is 1. The van der Waals surface area contributed by atoms with Gasteiger partial charge < -0.3 is 5.73 Å². The van der Waals surface area contributed by atoms with Crippen LogP contribution < -0.4 is 5.73 Å². The second-order valence-electron chi connectivity index (χ2n) is 2.52. The van der Waals surface area contributed by atoms with Crippen molar-refractivity contribution in [2.75, 3.05) is 0 Å². The minimum atomic E-state index is -3.07. The summed E-state index contributed by atoms with van der Waals surface area (Å²) in [6.45, 7) is -0.238. The molecule has 6 heteroatoms. The molecule has 0 amide bonds. The number of nitrogens with two attached hydrogens (primary N) is 1. The molecule has 3 nitrogen and oxygen atoms in total. The number of pyridine rings is 1. The number of hydrogen-bond donors (Lipinski definition) is 1. The van der Waals surface area contributed by atoms with Crippen molar-refractivity contribution in [1.82, 2.24) is 4.98 Å². The van der Waals surface area contributed by atoms with Crippen molar-refractivity contribution < 1.29 is 18.0 Å². The highest BCUT2D eigenvalue weighted by Crippen LogP contribution is 2.25. The summed E-state index contributed by atoms with van der Waals surface area (Å²) in [5, 5.41) is 0. The molecule has 1 heterocycles. The van der Waals surface area contributed by atoms with Crippen molar-refractivity contribution in [2.24, 2.45) is 5.73 Å². The Morgan fingerprint density at radius 2 is 2.21 bits per heavy atom. The van der Waals surface area contributed by atoms with Gasteiger partial charge in [0.05, 0.1) is 5.56 Å². The fraction of sp³-hybridized carbons (Fsp3) is 0.250. The van der Waals surface area contributed by atoms with Crippen LogP contribution in [0.1, 0.15) is 28.0 Å². The molecule has 1 aromatic rings. The van der Waals surface area contributed by atoms with Crippen molar-refractivity contribution in [3.63, 3.8) is 0 Å². The van der Waals surface area contributed by atoms with Crippen LogP contribution in [-0.4, -0.2) is 11.3 Å². The summed E-state index contributed by atoms with van der Waals surface area (Å²) in [5.74, 6) is -1.15. The zero-order valence-corrected chi connectivity index (χ0v) is 7.01. The van der Waals surface area contributed by atoms with Gasteiger partial charge in [-0.15, -0.1) is 0 Å². The molecule has 76 valence electrons. The highest BCUT2D eigenvalue weighted by atomic mass is 19.3. The minimum absolute atomic E-state index is 0.0882. The molecule has 0 aliphatic carbocycles. The van der Waals surface area contributed by atoms with Crippen LogP contribution in [0.2, 0.25) is 0 Å². The van der Waals surface area contributed by atoms with Crippen molar-refractivity contribution >= 4 is 6.29 Å². The van der Waals surface area contributed by atoms with E-state index in [0.29, 0.717) is 0 Å². The average molecular weight is 204 g/mol. The Morgan fingerprint density at radius 1 is 1.57 bits per heavy atom. The summed E-state index contributed by atoms with van der Waals surface area (Å²) < 4.78 is 37.8. The molecule has 1 rings (SSSR count). The summed E-state index contributed by atoms with van der Waals surface area (Å²) in [5.41, 5.74) is 3.39. The van der Waals surface area contributed by atoms with Crippen LogP contribution in [0.5, 0.6) is 0 Å². The standard InChI is InChI=1S/C8H7F3N2O/c9-7-4(1-12)2-13-5(3-14)6(7)8(10)11/h2-3,8H,1,12H2. The third-order valence-corrected chi connectivity index (χ3v) is 1.70. The normalized spacial score (nSPS) is 10.6. The summed E-state index contributed by atoms with van der Waals surface area (Å²) >= 11 is 0. The van der Waals surface area contributed by atoms with Gasteiger partial charge in [-0.1, -0.05) is 0 Å². The van der Waals surface area contributed by atoms with E-state index in [-0.39, 0.29) is 18.4 Å². The van der Waals surface area contributed by atoms with E-state index in [4.69, 9.17) is 5.73 Å². The Bertz CT molecular complexity index is 355. The van der Waals surface area contributed by atoms with Gasteiger partial charge in [-0.2, -0.15) is 0 Å². The molecular weight excluding hydrogens is 197 g/mol. The van der Waals surface area contributed by atoms with E-state index in [1.54, 1.807) is 0 Å². The third-order valence-electron chi connectivity index (χ3n) is 1.70. The number of hydrogen-bond acceptors (Lipinski definition) is 3. The van der Waals surface area contributed by atoms with E-state index in [0.717, 1.165) is 6.20 Å². The Balaban J connectivity index is 3.38. The molecule has 0 radical (unpaired) electrons. The summed E-state index contributed by atoms with van der Waals surface area (Å²) in [6, 6.07) is 0. The predicted octanol–water partition coefficient (Wildman–Crippen LogP) is 1.43. The van der Waals surface area contributed by atoms with Crippen molar-refractivity contribution in [3.8, 4) is 0 Å². The number of carbonyl (C=O) groups excluding carboxylic acids is 1. The molecule has 0 aliphatic heterocycles. The van der Waals surface area contributed by atoms with Gasteiger partial charge >= 0.3 is 0 Å². The maximum absolute atomic E-state index is 13.2. The summed E-state index contributed by atoms with van der Waals surface area (Å²) in [4.78, 5) is 13.7. The monoisotopic (exact) mass is 204 g/mol. The zero-order chi connectivity index (χ0) is 10.7. The summed E-state index contributed by atoms with van der Waals surface area (Å²) in [7, 11) is 0. The molecule has 1 aromatic heterocycles. The van der Waals surface area contributed by atoms with Crippen molar-refractivity contribution in [3.05, 3.63) is 28.8 Å². The van der Waals surface area contributed by atoms with Gasteiger partial charge in [0.25, 0.3) is 6.43 Å². The molecule has 0 spiro atoms. The van der Waals surface area contributed by atoms with Crippen LogP contribution in [0.25, 0.3) is 0 Å². The number of rotatable bonds is 3. The van der Waals surface area contributed by atoms with Gasteiger partial charge in [0, 0.05) is 18.3 Å². The van der Waals surface area contributed by atoms with Crippen LogP contribution in [0.3, 0.4) is 0 Å². The molecule has 0 saturated heterocycles. The first-order valence-corrected chi connectivity index (χ1v) is 3.72. The van der Waals surface area contributed by atoms with E-state index in [9.17, 15) is 18.0 Å². The van der Waals surface area contributed by atoms with Crippen molar-refractivity contribution in [2.45, 2.75) is 13.0 Å². The molecule has 14 heavy (non-hydrogen) atoms. The van der Waals surface area contributed by atoms with Gasteiger partial charge in [0.2, 0.25) is 0 Å². The highest BCUT2D eigenvalue weighted by Gasteiger charge is 2.21. The van der Waals surface area contributed by atoms with Crippen LogP contribution in [-0.2, 0) is 6.54 Å². The number of aromatic nitrogens is 1. The van der Waals surface area contributed by atoms with Gasteiger partial charge in [-0.25, -0.2) is 13.2 Å². The lowest BCUT2D eigenvalue weighted by Crippen LogP contribution is -2.08. The first kappa shape index (κ1) is 10.6. The highest BCUT2D eigenvalue weighted by molar-refractivity contribution is 5.74. The van der Waals surface area contributed by atoms with E-state index in [1.807, 2.05) is 0 Å². The second-order valence-corrected chi connectivity index (χ2v) is 2.52. The van der Waals surface area contributed by atoms with E-state index < -0.39 is 23.5 Å². The molecule has 0 aliphatic rings. The quantitative estimate of drug-likeness (QED) is 0.757. The van der Waals surface area contributed by atoms with Crippen LogP contribution in [0.4, 0.5) is 13.2 Å². The maximum atomic E-state index is 13.2. The molecule has 0 fully saturated rings. The molecule has 0 unspecified atom stereocenters. The van der Waals surface area contributed by atoms with E-state index >= 15 is 0 Å². The van der Waals surface area contributed by atoms with Crippen LogP contribution in [0, 0.1) is 5.82 Å². The SMILES string of the molecule is NCc1cnc(C=O)c(C(F)F)c1F. The van der Waals surface area contributed by atoms with Gasteiger partial charge in [-0.3, -0.25) is 9.78 Å². The molecule has 0 atom stereocenters. The fourth-order valence-corrected chi connectivity index (χ4v) is 1.00. The smallest absolute Gasteiger partial charge is 0.268 e. The number of carbonyl (C=O) groups is 1. The fourth-order valence-electron chi connectivity index (χ4n) is 1.00. The second kappa shape index (κ2) is 4.19. The Labute approximate surface area is 77.7 Å². The Morgan fingerprint density at radius 3 is 2.64 bits per heavy atom. The Kier molecular flexibility index (Phi) is 3.19. The number of halogens is 3. The van der Waals surface area contributed by atoms with Gasteiger partial charge in [-0.05, 0) is 0 Å². The summed E-state index contributed by atoms with van der Waals surface area (Å²) in [6.07, 6.45) is -2.01. The molecule has 2 N–H and O–H groups in total. The van der Waals surface area contributed by atoms with Gasteiger partial charge in [0.15, 0.2) is 6.29 Å². The first-order chi connectivity index (χ1) is 6.61. The zero-order valence-electron chi connectivity index (χ0n) is 7.01. The molecule has 0 saturated carbocycles. The lowest BCUT2D eigenvalue weighted by Gasteiger charge is -2.07. The van der Waals surface area contributed by atoms with Crippen molar-refractivity contribution in [1.29, 1.82) is 0 Å². The molecular formula is C8H7F3N2O. The molecule has 0 bridgehead atoms.